The fraction of sp³-hybridized carbons (Fsp3) is 0.226. The molecule has 0 saturated heterocycles. The molecule has 6 nitrogen and oxygen atoms in total. The number of hydrogen-bond acceptors (Lipinski definition) is 4. The largest absolute Gasteiger partial charge is 0.355 e. The molecule has 2 N–H and O–H groups in total. The Morgan fingerprint density at radius 1 is 1.03 bits per heavy atom. The second kappa shape index (κ2) is 8.93. The van der Waals surface area contributed by atoms with E-state index in [9.17, 15) is 9.59 Å². The minimum Gasteiger partial charge on any atom is -0.355 e. The highest BCUT2D eigenvalue weighted by molar-refractivity contribution is 7.13. The number of nitrogens with zero attached hydrogens (tertiary/aromatic N) is 2. The summed E-state index contributed by atoms with van der Waals surface area (Å²) in [5.41, 5.74) is 4.95. The van der Waals surface area contributed by atoms with Crippen LogP contribution in [0.5, 0.6) is 0 Å². The summed E-state index contributed by atoms with van der Waals surface area (Å²) >= 11 is 1.40. The van der Waals surface area contributed by atoms with E-state index >= 15 is 0 Å². The molecule has 3 aliphatic rings. The number of amides is 2. The van der Waals surface area contributed by atoms with Gasteiger partial charge in [0, 0.05) is 47.9 Å². The highest BCUT2D eigenvalue weighted by Gasteiger charge is 2.64. The zero-order chi connectivity index (χ0) is 26.5. The SMILES string of the molecule is [C-]#[N+]C12CC(C)(C(=O)Nc3nc(Cc4ccc(C(=O)NC)cc4)cs3)C(c3ccccc31)c1ccccc12. The van der Waals surface area contributed by atoms with Crippen LogP contribution in [0.15, 0.2) is 78.2 Å². The molecule has 0 spiro atoms. The van der Waals surface area contributed by atoms with Gasteiger partial charge in [-0.05, 0) is 35.7 Å². The first-order chi connectivity index (χ1) is 18.4. The number of fused-ring (bicyclic) bond motifs is 1. The van der Waals surface area contributed by atoms with Gasteiger partial charge in [-0.25, -0.2) is 11.6 Å². The van der Waals surface area contributed by atoms with Crippen molar-refractivity contribution in [2.45, 2.75) is 31.2 Å². The van der Waals surface area contributed by atoms with Gasteiger partial charge in [0.1, 0.15) is 0 Å². The molecule has 0 saturated carbocycles. The molecule has 0 aliphatic heterocycles. The number of rotatable bonds is 5. The van der Waals surface area contributed by atoms with Crippen LogP contribution in [0, 0.1) is 12.0 Å². The molecule has 3 aliphatic carbocycles. The van der Waals surface area contributed by atoms with Crippen LogP contribution in [0.2, 0.25) is 0 Å². The van der Waals surface area contributed by atoms with E-state index in [1.165, 1.54) is 11.3 Å². The van der Waals surface area contributed by atoms with Crippen LogP contribution in [-0.4, -0.2) is 23.8 Å². The van der Waals surface area contributed by atoms with Crippen LogP contribution in [0.25, 0.3) is 4.85 Å². The summed E-state index contributed by atoms with van der Waals surface area (Å²) in [4.78, 5) is 34.6. The summed E-state index contributed by atoms with van der Waals surface area (Å²) in [6.07, 6.45) is 1.02. The van der Waals surface area contributed by atoms with Crippen LogP contribution < -0.4 is 10.6 Å². The van der Waals surface area contributed by atoms with Gasteiger partial charge in [0.15, 0.2) is 5.13 Å². The molecule has 4 aromatic rings. The molecule has 38 heavy (non-hydrogen) atoms. The molecular formula is C31H26N4O2S. The number of hydrogen-bond donors (Lipinski definition) is 2. The molecule has 2 amide bonds. The van der Waals surface area contributed by atoms with Crippen molar-refractivity contribution in [3.05, 3.63) is 129 Å². The average molecular weight is 519 g/mol. The molecule has 7 rings (SSSR count). The smallest absolute Gasteiger partial charge is 0.284 e. The third kappa shape index (κ3) is 3.56. The number of nitrogens with one attached hydrogen (secondary N) is 2. The minimum atomic E-state index is -0.886. The first kappa shape index (κ1) is 24.1. The summed E-state index contributed by atoms with van der Waals surface area (Å²) in [6, 6.07) is 23.6. The molecule has 7 heteroatoms. The number of benzene rings is 3. The Hall–Kier alpha value is -4.28. The van der Waals surface area contributed by atoms with Crippen molar-refractivity contribution in [3.63, 3.8) is 0 Å². The van der Waals surface area contributed by atoms with Crippen LogP contribution in [0.4, 0.5) is 5.13 Å². The second-order valence-corrected chi connectivity index (χ2v) is 11.1. The summed E-state index contributed by atoms with van der Waals surface area (Å²) in [5, 5.41) is 8.21. The van der Waals surface area contributed by atoms with E-state index in [4.69, 9.17) is 6.57 Å². The van der Waals surface area contributed by atoms with E-state index in [-0.39, 0.29) is 17.7 Å². The molecule has 1 unspecified atom stereocenters. The second-order valence-electron chi connectivity index (χ2n) is 10.2. The van der Waals surface area contributed by atoms with E-state index in [2.05, 4.69) is 32.6 Å². The van der Waals surface area contributed by atoms with Crippen molar-refractivity contribution >= 4 is 28.3 Å². The summed E-state index contributed by atoms with van der Waals surface area (Å²) in [7, 11) is 1.61. The first-order valence-electron chi connectivity index (χ1n) is 12.5. The van der Waals surface area contributed by atoms with Crippen molar-refractivity contribution in [2.75, 3.05) is 12.4 Å². The first-order valence-corrected chi connectivity index (χ1v) is 13.4. The maximum Gasteiger partial charge on any atom is 0.284 e. The van der Waals surface area contributed by atoms with E-state index in [0.717, 1.165) is 33.5 Å². The lowest BCUT2D eigenvalue weighted by Gasteiger charge is -2.51. The lowest BCUT2D eigenvalue weighted by molar-refractivity contribution is -0.127. The van der Waals surface area contributed by atoms with E-state index in [1.807, 2.05) is 60.8 Å². The molecule has 1 atom stereocenters. The fourth-order valence-electron chi connectivity index (χ4n) is 6.26. The number of thiazole rings is 1. The predicted octanol–water partition coefficient (Wildman–Crippen LogP) is 5.75. The normalized spacial score (nSPS) is 22.6. The molecule has 3 aromatic carbocycles. The van der Waals surface area contributed by atoms with E-state index < -0.39 is 11.0 Å². The Balaban J connectivity index is 1.28. The number of carbonyl (C=O) groups excluding carboxylic acids is 2. The fourth-order valence-corrected chi connectivity index (χ4v) is 6.96. The van der Waals surface area contributed by atoms with Gasteiger partial charge in [-0.2, -0.15) is 0 Å². The number of anilines is 1. The highest BCUT2D eigenvalue weighted by atomic mass is 32.1. The van der Waals surface area contributed by atoms with Gasteiger partial charge in [0.25, 0.3) is 11.4 Å². The highest BCUT2D eigenvalue weighted by Crippen LogP contribution is 2.64. The Kier molecular flexibility index (Phi) is 5.66. The van der Waals surface area contributed by atoms with Gasteiger partial charge < -0.3 is 10.6 Å². The topological polar surface area (TPSA) is 75.5 Å². The summed E-state index contributed by atoms with van der Waals surface area (Å²) in [5.74, 6) is -0.377. The molecule has 1 heterocycles. The molecule has 1 aromatic heterocycles. The molecular weight excluding hydrogens is 492 g/mol. The zero-order valence-electron chi connectivity index (χ0n) is 21.1. The lowest BCUT2D eigenvalue weighted by Crippen LogP contribution is -2.53. The monoisotopic (exact) mass is 518 g/mol. The van der Waals surface area contributed by atoms with Crippen molar-refractivity contribution in [2.24, 2.45) is 5.41 Å². The van der Waals surface area contributed by atoms with Crippen molar-refractivity contribution < 1.29 is 9.59 Å². The van der Waals surface area contributed by atoms with Crippen molar-refractivity contribution in [1.29, 1.82) is 0 Å². The van der Waals surface area contributed by atoms with Crippen LogP contribution >= 0.6 is 11.3 Å². The predicted molar refractivity (Wildman–Crippen MR) is 148 cm³/mol. The number of carbonyl (C=O) groups is 2. The third-order valence-electron chi connectivity index (χ3n) is 8.01. The van der Waals surface area contributed by atoms with Gasteiger partial charge in [0.05, 0.1) is 11.1 Å². The lowest BCUT2D eigenvalue weighted by atomic mass is 9.49. The quantitative estimate of drug-likeness (QED) is 0.330. The van der Waals surface area contributed by atoms with Crippen LogP contribution in [0.3, 0.4) is 0 Å². The van der Waals surface area contributed by atoms with Crippen LogP contribution in [0.1, 0.15) is 63.1 Å². The summed E-state index contributed by atoms with van der Waals surface area (Å²) in [6.45, 7) is 10.3. The maximum absolute atomic E-state index is 14.0. The van der Waals surface area contributed by atoms with E-state index in [1.54, 1.807) is 19.2 Å². The zero-order valence-corrected chi connectivity index (χ0v) is 21.9. The Morgan fingerprint density at radius 2 is 1.66 bits per heavy atom. The standard InChI is InChI=1S/C31H26N4O2S/c1-30(18-31(33-3)24-10-6-4-8-22(24)26(30)23-9-5-7-11-25(23)31)28(37)35-29-34-21(17-38-29)16-19-12-14-20(15-13-19)27(36)32-2/h4-15,17,26H,16,18H2,1-2H3,(H,32,36)(H,34,35,37). The maximum atomic E-state index is 14.0. The Bertz CT molecular complexity index is 1570. The van der Waals surface area contributed by atoms with Gasteiger partial charge in [0.2, 0.25) is 5.91 Å². The van der Waals surface area contributed by atoms with Gasteiger partial charge >= 0.3 is 0 Å². The molecule has 0 fully saturated rings. The minimum absolute atomic E-state index is 0.115. The van der Waals surface area contributed by atoms with Crippen molar-refractivity contribution in [1.82, 2.24) is 10.3 Å². The number of aromatic nitrogens is 1. The van der Waals surface area contributed by atoms with Gasteiger partial charge in [-0.15, -0.1) is 11.3 Å². The third-order valence-corrected chi connectivity index (χ3v) is 8.81. The van der Waals surface area contributed by atoms with E-state index in [0.29, 0.717) is 23.5 Å². The molecule has 0 radical (unpaired) electrons. The summed E-state index contributed by atoms with van der Waals surface area (Å²) < 4.78 is 0. The van der Waals surface area contributed by atoms with Crippen molar-refractivity contribution in [3.8, 4) is 0 Å². The Labute approximate surface area is 225 Å². The Morgan fingerprint density at radius 3 is 2.26 bits per heavy atom. The van der Waals surface area contributed by atoms with Crippen LogP contribution in [-0.2, 0) is 16.8 Å². The molecule has 188 valence electrons. The van der Waals surface area contributed by atoms with Gasteiger partial charge in [-0.3, -0.25) is 14.4 Å². The van der Waals surface area contributed by atoms with Gasteiger partial charge in [-0.1, -0.05) is 60.7 Å². The average Bonchev–Trinajstić information content (AvgIpc) is 3.39. The molecule has 2 bridgehead atoms.